The Balaban J connectivity index is 2.27. The molecule has 0 aliphatic rings. The van der Waals surface area contributed by atoms with E-state index >= 15 is 0 Å². The third-order valence-electron chi connectivity index (χ3n) is 3.97. The number of hydrogen-bond acceptors (Lipinski definition) is 2. The fraction of sp³-hybridized carbons (Fsp3) is 0.100. The molecule has 23 heavy (non-hydrogen) atoms. The molecule has 3 heteroatoms. The van der Waals surface area contributed by atoms with E-state index in [9.17, 15) is 9.90 Å². The van der Waals surface area contributed by atoms with Crippen molar-refractivity contribution in [2.75, 3.05) is 0 Å². The van der Waals surface area contributed by atoms with Crippen molar-refractivity contribution in [1.29, 1.82) is 0 Å². The van der Waals surface area contributed by atoms with Gasteiger partial charge in [-0.25, -0.2) is 0 Å². The second-order valence-electron chi connectivity index (χ2n) is 5.43. The maximum Gasteiger partial charge on any atom is 0.310 e. The maximum atomic E-state index is 11.7. The van der Waals surface area contributed by atoms with Crippen LogP contribution in [0.2, 0.25) is 0 Å². The predicted octanol–water partition coefficient (Wildman–Crippen LogP) is 4.60. The summed E-state index contributed by atoms with van der Waals surface area (Å²) in [6, 6.07) is 19.6. The molecule has 114 valence electrons. The first kappa shape index (κ1) is 15.0. The molecule has 0 spiro atoms. The van der Waals surface area contributed by atoms with Crippen molar-refractivity contribution in [3.63, 3.8) is 0 Å². The van der Waals surface area contributed by atoms with Gasteiger partial charge in [0.2, 0.25) is 0 Å². The Morgan fingerprint density at radius 2 is 1.57 bits per heavy atom. The standard InChI is InChI=1S/C20H17NO2/c1-14(20(22)23)19-17(15-7-3-2-4-8-15)10-5-11-18(19)16-9-6-12-21-13-16/h2-14H,1H3,(H,22,23). The van der Waals surface area contributed by atoms with Gasteiger partial charge >= 0.3 is 5.97 Å². The van der Waals surface area contributed by atoms with Gasteiger partial charge in [-0.1, -0.05) is 54.6 Å². The number of hydrogen-bond donors (Lipinski definition) is 1. The molecule has 0 saturated heterocycles. The zero-order valence-corrected chi connectivity index (χ0v) is 12.8. The number of rotatable bonds is 4. The molecule has 0 amide bonds. The molecule has 0 saturated carbocycles. The van der Waals surface area contributed by atoms with Gasteiger partial charge in [0.15, 0.2) is 0 Å². The molecule has 1 aromatic heterocycles. The third-order valence-corrected chi connectivity index (χ3v) is 3.97. The molecule has 1 unspecified atom stereocenters. The minimum Gasteiger partial charge on any atom is -0.481 e. The predicted molar refractivity (Wildman–Crippen MR) is 91.2 cm³/mol. The van der Waals surface area contributed by atoms with E-state index in [4.69, 9.17) is 0 Å². The number of benzene rings is 2. The smallest absolute Gasteiger partial charge is 0.310 e. The zero-order valence-electron chi connectivity index (χ0n) is 12.8. The molecule has 3 nitrogen and oxygen atoms in total. The first-order valence-corrected chi connectivity index (χ1v) is 7.50. The summed E-state index contributed by atoms with van der Waals surface area (Å²) < 4.78 is 0. The van der Waals surface area contributed by atoms with Crippen LogP contribution < -0.4 is 0 Å². The lowest BCUT2D eigenvalue weighted by atomic mass is 9.85. The molecule has 1 heterocycles. The molecular weight excluding hydrogens is 286 g/mol. The molecule has 0 fully saturated rings. The van der Waals surface area contributed by atoms with Gasteiger partial charge in [-0.2, -0.15) is 0 Å². The normalized spacial score (nSPS) is 11.9. The van der Waals surface area contributed by atoms with Crippen molar-refractivity contribution >= 4 is 5.97 Å². The monoisotopic (exact) mass is 303 g/mol. The highest BCUT2D eigenvalue weighted by Gasteiger charge is 2.22. The Morgan fingerprint density at radius 3 is 2.17 bits per heavy atom. The second kappa shape index (κ2) is 6.44. The molecule has 0 radical (unpaired) electrons. The van der Waals surface area contributed by atoms with Crippen LogP contribution in [-0.4, -0.2) is 16.1 Å². The topological polar surface area (TPSA) is 50.2 Å². The Hall–Kier alpha value is -2.94. The Bertz CT molecular complexity index is 756. The first-order chi connectivity index (χ1) is 11.2. The number of nitrogens with zero attached hydrogens (tertiary/aromatic N) is 1. The fourth-order valence-corrected chi connectivity index (χ4v) is 2.80. The average Bonchev–Trinajstić information content (AvgIpc) is 2.62. The molecular formula is C20H17NO2. The van der Waals surface area contributed by atoms with E-state index in [1.165, 1.54) is 0 Å². The summed E-state index contributed by atoms with van der Waals surface area (Å²) in [5.74, 6) is -1.44. The van der Waals surface area contributed by atoms with E-state index in [1.807, 2.05) is 60.7 Å². The molecule has 3 rings (SSSR count). The minimum absolute atomic E-state index is 0.610. The van der Waals surface area contributed by atoms with Gasteiger partial charge in [-0.3, -0.25) is 9.78 Å². The van der Waals surface area contributed by atoms with Crippen molar-refractivity contribution in [1.82, 2.24) is 4.98 Å². The molecule has 1 atom stereocenters. The van der Waals surface area contributed by atoms with E-state index in [2.05, 4.69) is 4.98 Å². The van der Waals surface area contributed by atoms with E-state index < -0.39 is 11.9 Å². The SMILES string of the molecule is CC(C(=O)O)c1c(-c2ccccc2)cccc1-c1cccnc1. The van der Waals surface area contributed by atoms with E-state index in [-0.39, 0.29) is 0 Å². The van der Waals surface area contributed by atoms with Crippen LogP contribution in [-0.2, 0) is 4.79 Å². The van der Waals surface area contributed by atoms with Gasteiger partial charge < -0.3 is 5.11 Å². The number of pyridine rings is 1. The highest BCUT2D eigenvalue weighted by molar-refractivity contribution is 5.87. The highest BCUT2D eigenvalue weighted by Crippen LogP contribution is 2.37. The van der Waals surface area contributed by atoms with E-state index in [0.717, 1.165) is 27.8 Å². The third kappa shape index (κ3) is 2.99. The molecule has 0 aliphatic heterocycles. The lowest BCUT2D eigenvalue weighted by molar-refractivity contribution is -0.138. The van der Waals surface area contributed by atoms with Crippen LogP contribution in [0.4, 0.5) is 0 Å². The van der Waals surface area contributed by atoms with Crippen molar-refractivity contribution in [3.05, 3.63) is 78.6 Å². The molecule has 0 aliphatic carbocycles. The number of aromatic nitrogens is 1. The lowest BCUT2D eigenvalue weighted by Crippen LogP contribution is -2.10. The van der Waals surface area contributed by atoms with Crippen molar-refractivity contribution in [2.45, 2.75) is 12.8 Å². The van der Waals surface area contributed by atoms with Gasteiger partial charge in [0.05, 0.1) is 5.92 Å². The Kier molecular flexibility index (Phi) is 4.20. The van der Waals surface area contributed by atoms with Gasteiger partial charge in [0, 0.05) is 18.0 Å². The van der Waals surface area contributed by atoms with Gasteiger partial charge in [0.1, 0.15) is 0 Å². The van der Waals surface area contributed by atoms with Crippen LogP contribution in [0.25, 0.3) is 22.3 Å². The summed E-state index contributed by atoms with van der Waals surface area (Å²) >= 11 is 0. The maximum absolute atomic E-state index is 11.7. The number of aliphatic carboxylic acids is 1. The van der Waals surface area contributed by atoms with Gasteiger partial charge in [-0.05, 0) is 35.2 Å². The molecule has 2 aromatic carbocycles. The van der Waals surface area contributed by atoms with Crippen molar-refractivity contribution < 1.29 is 9.90 Å². The Morgan fingerprint density at radius 1 is 0.913 bits per heavy atom. The minimum atomic E-state index is -0.835. The quantitative estimate of drug-likeness (QED) is 0.766. The number of carboxylic acids is 1. The summed E-state index contributed by atoms with van der Waals surface area (Å²) in [6.45, 7) is 1.73. The summed E-state index contributed by atoms with van der Waals surface area (Å²) in [7, 11) is 0. The largest absolute Gasteiger partial charge is 0.481 e. The van der Waals surface area contributed by atoms with Crippen LogP contribution in [0.15, 0.2) is 73.1 Å². The molecule has 3 aromatic rings. The summed E-state index contributed by atoms with van der Waals surface area (Å²) in [4.78, 5) is 15.8. The second-order valence-corrected chi connectivity index (χ2v) is 5.43. The summed E-state index contributed by atoms with van der Waals surface area (Å²) in [6.07, 6.45) is 3.48. The number of carbonyl (C=O) groups is 1. The molecule has 1 N–H and O–H groups in total. The van der Waals surface area contributed by atoms with Gasteiger partial charge in [0.25, 0.3) is 0 Å². The molecule has 0 bridgehead atoms. The summed E-state index contributed by atoms with van der Waals surface area (Å²) in [5, 5.41) is 9.56. The zero-order chi connectivity index (χ0) is 16.2. The lowest BCUT2D eigenvalue weighted by Gasteiger charge is -2.18. The van der Waals surface area contributed by atoms with Gasteiger partial charge in [-0.15, -0.1) is 0 Å². The van der Waals surface area contributed by atoms with Crippen LogP contribution in [0.5, 0.6) is 0 Å². The van der Waals surface area contributed by atoms with Crippen LogP contribution in [0.3, 0.4) is 0 Å². The van der Waals surface area contributed by atoms with Crippen molar-refractivity contribution in [3.8, 4) is 22.3 Å². The average molecular weight is 303 g/mol. The van der Waals surface area contributed by atoms with Crippen molar-refractivity contribution in [2.24, 2.45) is 0 Å². The first-order valence-electron chi connectivity index (χ1n) is 7.50. The van der Waals surface area contributed by atoms with Crippen LogP contribution in [0, 0.1) is 0 Å². The fourth-order valence-electron chi connectivity index (χ4n) is 2.80. The van der Waals surface area contributed by atoms with Crippen LogP contribution >= 0.6 is 0 Å². The number of carboxylic acid groups (broad SMARTS) is 1. The highest BCUT2D eigenvalue weighted by atomic mass is 16.4. The van der Waals surface area contributed by atoms with E-state index in [1.54, 1.807) is 19.3 Å². The van der Waals surface area contributed by atoms with Crippen LogP contribution in [0.1, 0.15) is 18.4 Å². The Labute approximate surface area is 135 Å². The summed E-state index contributed by atoms with van der Waals surface area (Å²) in [5.41, 5.74) is 4.62. The van der Waals surface area contributed by atoms with E-state index in [0.29, 0.717) is 0 Å².